The normalized spacial score (nSPS) is 11.2. The molecule has 10 heteroatoms. The molecule has 0 spiro atoms. The van der Waals surface area contributed by atoms with Crippen molar-refractivity contribution < 1.29 is 0 Å². The van der Waals surface area contributed by atoms with Crippen LogP contribution < -0.4 is 16.6 Å². The van der Waals surface area contributed by atoms with Gasteiger partial charge in [0.1, 0.15) is 17.1 Å². The molecule has 176 valence electrons. The minimum atomic E-state index is -0.0287. The molecule has 4 heterocycles. The molecule has 4 aromatic heterocycles. The van der Waals surface area contributed by atoms with E-state index in [4.69, 9.17) is 22.3 Å². The van der Waals surface area contributed by atoms with Gasteiger partial charge in [-0.05, 0) is 36.8 Å². The van der Waals surface area contributed by atoms with Crippen LogP contribution in [0.2, 0.25) is 5.02 Å². The standard InChI is InChI=1S/C25H23ClN8O/c1-33-11-4-6-15(25(33)35)7-10-29-24-23(27)30-22(19-8-12-34(2)32-19)21(31-24)17-13-16-5-3-9-28-20(16)18(26)14-17/h3-6,8-9,11-14H,7,10H2,1-2H3,(H2,27,30)(H,29,31). The molecule has 0 aliphatic carbocycles. The van der Waals surface area contributed by atoms with Crippen LogP contribution in [0.5, 0.6) is 0 Å². The lowest BCUT2D eigenvalue weighted by Gasteiger charge is -2.14. The van der Waals surface area contributed by atoms with E-state index in [1.54, 1.807) is 28.7 Å². The number of nitrogens with zero attached hydrogens (tertiary/aromatic N) is 6. The number of fused-ring (bicyclic) bond motifs is 1. The molecule has 1 aromatic carbocycles. The second-order valence-corrected chi connectivity index (χ2v) is 8.60. The Labute approximate surface area is 206 Å². The zero-order valence-corrected chi connectivity index (χ0v) is 20.0. The zero-order valence-electron chi connectivity index (χ0n) is 19.2. The molecule has 0 saturated heterocycles. The van der Waals surface area contributed by atoms with Crippen LogP contribution in [0.1, 0.15) is 5.56 Å². The molecule has 5 aromatic rings. The second-order valence-electron chi connectivity index (χ2n) is 8.19. The fourth-order valence-electron chi connectivity index (χ4n) is 3.94. The van der Waals surface area contributed by atoms with Gasteiger partial charge in [-0.15, -0.1) is 0 Å². The largest absolute Gasteiger partial charge is 0.381 e. The topological polar surface area (TPSA) is 117 Å². The second kappa shape index (κ2) is 9.19. The fraction of sp³-hybridized carbons (Fsp3) is 0.160. The summed E-state index contributed by atoms with van der Waals surface area (Å²) in [6.45, 7) is 0.461. The Hall–Kier alpha value is -4.24. The van der Waals surface area contributed by atoms with E-state index in [2.05, 4.69) is 20.4 Å². The number of aryl methyl sites for hydroxylation is 2. The van der Waals surface area contributed by atoms with Gasteiger partial charge in [-0.3, -0.25) is 14.5 Å². The summed E-state index contributed by atoms with van der Waals surface area (Å²) in [4.78, 5) is 26.2. The highest BCUT2D eigenvalue weighted by Crippen LogP contribution is 2.35. The molecule has 0 amide bonds. The van der Waals surface area contributed by atoms with Crippen LogP contribution in [0, 0.1) is 0 Å². The number of pyridine rings is 2. The van der Waals surface area contributed by atoms with Crippen molar-refractivity contribution in [3.8, 4) is 22.6 Å². The highest BCUT2D eigenvalue weighted by molar-refractivity contribution is 6.35. The van der Waals surface area contributed by atoms with Crippen molar-refractivity contribution in [1.82, 2.24) is 29.3 Å². The van der Waals surface area contributed by atoms with Crippen LogP contribution in [-0.2, 0) is 20.5 Å². The molecule has 9 nitrogen and oxygen atoms in total. The average molecular weight is 487 g/mol. The fourth-order valence-corrected chi connectivity index (χ4v) is 4.22. The molecule has 0 bridgehead atoms. The maximum Gasteiger partial charge on any atom is 0.253 e. The van der Waals surface area contributed by atoms with Gasteiger partial charge in [0.15, 0.2) is 11.6 Å². The number of nitrogens with one attached hydrogen (secondary N) is 1. The van der Waals surface area contributed by atoms with Gasteiger partial charge in [-0.1, -0.05) is 23.7 Å². The monoisotopic (exact) mass is 486 g/mol. The predicted molar refractivity (Wildman–Crippen MR) is 138 cm³/mol. The smallest absolute Gasteiger partial charge is 0.253 e. The molecule has 0 radical (unpaired) electrons. The number of benzene rings is 1. The van der Waals surface area contributed by atoms with E-state index >= 15 is 0 Å². The summed E-state index contributed by atoms with van der Waals surface area (Å²) in [5.41, 5.74) is 10.2. The molecule has 5 rings (SSSR count). The van der Waals surface area contributed by atoms with E-state index in [0.29, 0.717) is 52.0 Å². The van der Waals surface area contributed by atoms with Gasteiger partial charge in [0.05, 0.1) is 10.5 Å². The van der Waals surface area contributed by atoms with Crippen molar-refractivity contribution in [2.24, 2.45) is 14.1 Å². The van der Waals surface area contributed by atoms with E-state index in [9.17, 15) is 4.79 Å². The number of rotatable bonds is 6. The van der Waals surface area contributed by atoms with Crippen LogP contribution >= 0.6 is 11.6 Å². The van der Waals surface area contributed by atoms with Crippen LogP contribution in [0.4, 0.5) is 11.6 Å². The molecule has 35 heavy (non-hydrogen) atoms. The van der Waals surface area contributed by atoms with E-state index < -0.39 is 0 Å². The highest BCUT2D eigenvalue weighted by Gasteiger charge is 2.19. The zero-order chi connectivity index (χ0) is 24.5. The number of aromatic nitrogens is 6. The molecular formula is C25H23ClN8O. The third-order valence-corrected chi connectivity index (χ3v) is 5.99. The van der Waals surface area contributed by atoms with Gasteiger partial charge in [0.25, 0.3) is 5.56 Å². The maximum absolute atomic E-state index is 12.3. The Kier molecular flexibility index (Phi) is 5.92. The van der Waals surface area contributed by atoms with E-state index in [1.807, 2.05) is 55.7 Å². The lowest BCUT2D eigenvalue weighted by atomic mass is 10.0. The molecule has 0 aliphatic heterocycles. The number of anilines is 2. The molecule has 0 atom stereocenters. The van der Waals surface area contributed by atoms with Gasteiger partial charge in [-0.2, -0.15) is 5.10 Å². The summed E-state index contributed by atoms with van der Waals surface area (Å²) in [7, 11) is 3.57. The Bertz CT molecular complexity index is 1610. The first-order valence-corrected chi connectivity index (χ1v) is 11.4. The first-order chi connectivity index (χ1) is 16.9. The summed E-state index contributed by atoms with van der Waals surface area (Å²) in [6.07, 6.45) is 5.79. The third-order valence-electron chi connectivity index (χ3n) is 5.70. The van der Waals surface area contributed by atoms with Crippen molar-refractivity contribution in [3.05, 3.63) is 82.0 Å². The minimum Gasteiger partial charge on any atom is -0.381 e. The van der Waals surface area contributed by atoms with E-state index in [-0.39, 0.29) is 11.4 Å². The van der Waals surface area contributed by atoms with Crippen molar-refractivity contribution >= 4 is 34.1 Å². The molecule has 0 fully saturated rings. The van der Waals surface area contributed by atoms with Crippen LogP contribution in [0.3, 0.4) is 0 Å². The van der Waals surface area contributed by atoms with Gasteiger partial charge >= 0.3 is 0 Å². The van der Waals surface area contributed by atoms with Crippen LogP contribution in [-0.4, -0.2) is 35.8 Å². The first-order valence-electron chi connectivity index (χ1n) is 11.0. The number of hydrogen-bond acceptors (Lipinski definition) is 7. The van der Waals surface area contributed by atoms with Gasteiger partial charge in [0, 0.05) is 55.7 Å². The highest BCUT2D eigenvalue weighted by atomic mass is 35.5. The Balaban J connectivity index is 1.56. The van der Waals surface area contributed by atoms with E-state index in [0.717, 1.165) is 10.9 Å². The van der Waals surface area contributed by atoms with Crippen molar-refractivity contribution in [2.75, 3.05) is 17.6 Å². The van der Waals surface area contributed by atoms with Crippen molar-refractivity contribution in [2.45, 2.75) is 6.42 Å². The summed E-state index contributed by atoms with van der Waals surface area (Å²) in [5.74, 6) is 0.666. The Morgan fingerprint density at radius 2 is 1.91 bits per heavy atom. The SMILES string of the molecule is Cn1ccc(-c2nc(N)c(NCCc3cccn(C)c3=O)nc2-c2cc(Cl)c3ncccc3c2)n1. The van der Waals surface area contributed by atoms with Gasteiger partial charge in [-0.25, -0.2) is 9.97 Å². The summed E-state index contributed by atoms with van der Waals surface area (Å²) in [5, 5.41) is 9.13. The minimum absolute atomic E-state index is 0.0287. The molecule has 0 saturated carbocycles. The number of nitrogens with two attached hydrogens (primary N) is 1. The Morgan fingerprint density at radius 1 is 1.06 bits per heavy atom. The lowest BCUT2D eigenvalue weighted by molar-refractivity contribution is 0.770. The number of hydrogen-bond donors (Lipinski definition) is 2. The molecule has 0 aliphatic rings. The third kappa shape index (κ3) is 4.45. The Morgan fingerprint density at radius 3 is 2.71 bits per heavy atom. The van der Waals surface area contributed by atoms with Gasteiger partial charge in [0.2, 0.25) is 0 Å². The number of nitrogen functional groups attached to an aromatic ring is 1. The number of halogens is 1. The quantitative estimate of drug-likeness (QED) is 0.376. The molecular weight excluding hydrogens is 464 g/mol. The average Bonchev–Trinajstić information content (AvgIpc) is 3.28. The van der Waals surface area contributed by atoms with Gasteiger partial charge < -0.3 is 15.6 Å². The maximum atomic E-state index is 12.3. The van der Waals surface area contributed by atoms with Crippen molar-refractivity contribution in [1.29, 1.82) is 0 Å². The van der Waals surface area contributed by atoms with Crippen LogP contribution in [0.15, 0.2) is 65.8 Å². The van der Waals surface area contributed by atoms with Crippen LogP contribution in [0.25, 0.3) is 33.5 Å². The molecule has 0 unspecified atom stereocenters. The summed E-state index contributed by atoms with van der Waals surface area (Å²) in [6, 6.07) is 13.1. The van der Waals surface area contributed by atoms with Crippen molar-refractivity contribution in [3.63, 3.8) is 0 Å². The van der Waals surface area contributed by atoms with E-state index in [1.165, 1.54) is 0 Å². The summed E-state index contributed by atoms with van der Waals surface area (Å²) < 4.78 is 3.25. The lowest BCUT2D eigenvalue weighted by Crippen LogP contribution is -2.22. The molecule has 3 N–H and O–H groups in total. The predicted octanol–water partition coefficient (Wildman–Crippen LogP) is 3.68. The first kappa shape index (κ1) is 22.5. The summed E-state index contributed by atoms with van der Waals surface area (Å²) >= 11 is 6.56.